The summed E-state index contributed by atoms with van der Waals surface area (Å²) in [6.45, 7) is 2.64. The van der Waals surface area contributed by atoms with Gasteiger partial charge in [-0.1, -0.05) is 42.5 Å². The zero-order valence-electron chi connectivity index (χ0n) is 15.2. The molecule has 0 aromatic heterocycles. The number of ether oxygens (including phenoxy) is 1. The summed E-state index contributed by atoms with van der Waals surface area (Å²) in [5.41, 5.74) is 1.80. The molecule has 3 rings (SSSR count). The van der Waals surface area contributed by atoms with Crippen molar-refractivity contribution in [3.8, 4) is 0 Å². The highest BCUT2D eigenvalue weighted by Crippen LogP contribution is 2.21. The molecule has 1 aliphatic heterocycles. The molecule has 1 unspecified atom stereocenters. The van der Waals surface area contributed by atoms with Crippen LogP contribution in [-0.2, 0) is 9.53 Å². The van der Waals surface area contributed by atoms with Gasteiger partial charge in [-0.3, -0.25) is 19.3 Å². The number of amides is 3. The molecule has 6 heteroatoms. The van der Waals surface area contributed by atoms with Crippen molar-refractivity contribution >= 4 is 17.7 Å². The summed E-state index contributed by atoms with van der Waals surface area (Å²) in [5, 5.41) is 2.73. The van der Waals surface area contributed by atoms with Crippen molar-refractivity contribution in [3.05, 3.63) is 71.3 Å². The molecule has 0 saturated heterocycles. The standard InChI is InChI=1S/C21H22N2O4/c1-15(16-8-3-2-4-9-16)27-13-7-12-22-19(24)14-23-20(25)17-10-5-6-11-18(17)21(23)26/h2-6,8-11,15H,7,12-14H2,1H3,(H,22,24). The molecular formula is C21H22N2O4. The van der Waals surface area contributed by atoms with Crippen LogP contribution in [0.25, 0.3) is 0 Å². The number of hydrogen-bond donors (Lipinski definition) is 1. The predicted octanol–water partition coefficient (Wildman–Crippen LogP) is 2.57. The van der Waals surface area contributed by atoms with Gasteiger partial charge in [0.2, 0.25) is 5.91 Å². The molecule has 0 spiro atoms. The molecule has 3 amide bonds. The molecule has 1 atom stereocenters. The summed E-state index contributed by atoms with van der Waals surface area (Å²) in [7, 11) is 0. The van der Waals surface area contributed by atoms with E-state index in [4.69, 9.17) is 4.74 Å². The van der Waals surface area contributed by atoms with Gasteiger partial charge in [0, 0.05) is 13.2 Å². The molecule has 0 bridgehead atoms. The molecule has 0 fully saturated rings. The van der Waals surface area contributed by atoms with E-state index in [0.29, 0.717) is 30.7 Å². The summed E-state index contributed by atoms with van der Waals surface area (Å²) in [6.07, 6.45) is 0.630. The average Bonchev–Trinajstić information content (AvgIpc) is 2.93. The third-order valence-electron chi connectivity index (χ3n) is 4.46. The Kier molecular flexibility index (Phi) is 5.98. The fourth-order valence-corrected chi connectivity index (χ4v) is 2.96. The smallest absolute Gasteiger partial charge is 0.262 e. The third kappa shape index (κ3) is 4.41. The minimum atomic E-state index is -0.425. The highest BCUT2D eigenvalue weighted by Gasteiger charge is 2.36. The summed E-state index contributed by atoms with van der Waals surface area (Å²) in [5.74, 6) is -1.21. The topological polar surface area (TPSA) is 75.7 Å². The first kappa shape index (κ1) is 18.8. The van der Waals surface area contributed by atoms with E-state index in [1.165, 1.54) is 0 Å². The van der Waals surface area contributed by atoms with E-state index in [1.54, 1.807) is 24.3 Å². The van der Waals surface area contributed by atoms with Crippen molar-refractivity contribution in [2.45, 2.75) is 19.4 Å². The van der Waals surface area contributed by atoms with Crippen molar-refractivity contribution in [2.75, 3.05) is 19.7 Å². The molecule has 6 nitrogen and oxygen atoms in total. The minimum Gasteiger partial charge on any atom is -0.374 e. The molecule has 0 saturated carbocycles. The van der Waals surface area contributed by atoms with Crippen LogP contribution in [0.15, 0.2) is 54.6 Å². The zero-order chi connectivity index (χ0) is 19.2. The number of nitrogens with zero attached hydrogens (tertiary/aromatic N) is 1. The van der Waals surface area contributed by atoms with Gasteiger partial charge in [0.05, 0.1) is 17.2 Å². The predicted molar refractivity (Wildman–Crippen MR) is 100 cm³/mol. The van der Waals surface area contributed by atoms with Gasteiger partial charge < -0.3 is 10.1 Å². The number of imide groups is 1. The average molecular weight is 366 g/mol. The van der Waals surface area contributed by atoms with E-state index in [9.17, 15) is 14.4 Å². The highest BCUT2D eigenvalue weighted by molar-refractivity contribution is 6.22. The maximum atomic E-state index is 12.2. The lowest BCUT2D eigenvalue weighted by molar-refractivity contribution is -0.121. The second-order valence-corrected chi connectivity index (χ2v) is 6.37. The normalized spacial score (nSPS) is 14.2. The molecule has 0 aliphatic carbocycles. The Hall–Kier alpha value is -2.99. The number of rotatable bonds is 8. The molecular weight excluding hydrogens is 344 g/mol. The first-order valence-corrected chi connectivity index (χ1v) is 8.96. The highest BCUT2D eigenvalue weighted by atomic mass is 16.5. The first-order valence-electron chi connectivity index (χ1n) is 8.96. The molecule has 0 radical (unpaired) electrons. The second kappa shape index (κ2) is 8.60. The number of nitrogens with one attached hydrogen (secondary N) is 1. The summed E-state index contributed by atoms with van der Waals surface area (Å²) in [6, 6.07) is 16.5. The van der Waals surface area contributed by atoms with E-state index in [-0.39, 0.29) is 18.6 Å². The number of carbonyl (C=O) groups excluding carboxylic acids is 3. The molecule has 1 heterocycles. The van der Waals surface area contributed by atoms with Gasteiger partial charge in [0.15, 0.2) is 0 Å². The fourth-order valence-electron chi connectivity index (χ4n) is 2.96. The van der Waals surface area contributed by atoms with Crippen molar-refractivity contribution < 1.29 is 19.1 Å². The van der Waals surface area contributed by atoms with Crippen molar-refractivity contribution in [1.82, 2.24) is 10.2 Å². The van der Waals surface area contributed by atoms with E-state index in [1.807, 2.05) is 37.3 Å². The quantitative estimate of drug-likeness (QED) is 0.575. The van der Waals surface area contributed by atoms with Crippen molar-refractivity contribution in [3.63, 3.8) is 0 Å². The van der Waals surface area contributed by atoms with E-state index in [2.05, 4.69) is 5.32 Å². The number of carbonyl (C=O) groups is 3. The van der Waals surface area contributed by atoms with Gasteiger partial charge in [-0.25, -0.2) is 0 Å². The first-order chi connectivity index (χ1) is 13.1. The van der Waals surface area contributed by atoms with Gasteiger partial charge in [-0.05, 0) is 31.0 Å². The van der Waals surface area contributed by atoms with Crippen molar-refractivity contribution in [1.29, 1.82) is 0 Å². The summed E-state index contributed by atoms with van der Waals surface area (Å²) >= 11 is 0. The Bertz CT molecular complexity index is 800. The largest absolute Gasteiger partial charge is 0.374 e. The summed E-state index contributed by atoms with van der Waals surface area (Å²) < 4.78 is 5.75. The van der Waals surface area contributed by atoms with E-state index in [0.717, 1.165) is 10.5 Å². The molecule has 1 aliphatic rings. The number of benzene rings is 2. The lowest BCUT2D eigenvalue weighted by Crippen LogP contribution is -2.40. The third-order valence-corrected chi connectivity index (χ3v) is 4.46. The van der Waals surface area contributed by atoms with Crippen LogP contribution >= 0.6 is 0 Å². The maximum absolute atomic E-state index is 12.2. The molecule has 140 valence electrons. The van der Waals surface area contributed by atoms with Gasteiger partial charge in [0.25, 0.3) is 11.8 Å². The Balaban J connectivity index is 1.38. The van der Waals surface area contributed by atoms with Crippen LogP contribution in [0.2, 0.25) is 0 Å². The van der Waals surface area contributed by atoms with Gasteiger partial charge in [0.1, 0.15) is 6.54 Å². The maximum Gasteiger partial charge on any atom is 0.262 e. The van der Waals surface area contributed by atoms with Crippen LogP contribution in [0.3, 0.4) is 0 Å². The SMILES string of the molecule is CC(OCCCNC(=O)CN1C(=O)c2ccccc2C1=O)c1ccccc1. The lowest BCUT2D eigenvalue weighted by atomic mass is 10.1. The Morgan fingerprint density at radius 2 is 1.59 bits per heavy atom. The zero-order valence-corrected chi connectivity index (χ0v) is 15.2. The van der Waals surface area contributed by atoms with Crippen LogP contribution in [0.1, 0.15) is 45.7 Å². The monoisotopic (exact) mass is 366 g/mol. The van der Waals surface area contributed by atoms with Crippen LogP contribution in [0.4, 0.5) is 0 Å². The van der Waals surface area contributed by atoms with Gasteiger partial charge in [-0.15, -0.1) is 0 Å². The molecule has 1 N–H and O–H groups in total. The van der Waals surface area contributed by atoms with Crippen LogP contribution in [0.5, 0.6) is 0 Å². The number of hydrogen-bond acceptors (Lipinski definition) is 4. The van der Waals surface area contributed by atoms with E-state index >= 15 is 0 Å². The minimum absolute atomic E-state index is 0.0137. The Labute approximate surface area is 158 Å². The second-order valence-electron chi connectivity index (χ2n) is 6.37. The van der Waals surface area contributed by atoms with Crippen LogP contribution < -0.4 is 5.32 Å². The molecule has 2 aromatic carbocycles. The Morgan fingerprint density at radius 1 is 1.00 bits per heavy atom. The van der Waals surface area contributed by atoms with Crippen LogP contribution in [0, 0.1) is 0 Å². The van der Waals surface area contributed by atoms with E-state index < -0.39 is 11.8 Å². The lowest BCUT2D eigenvalue weighted by Gasteiger charge is -2.15. The van der Waals surface area contributed by atoms with Gasteiger partial charge >= 0.3 is 0 Å². The molecule has 27 heavy (non-hydrogen) atoms. The van der Waals surface area contributed by atoms with Crippen LogP contribution in [-0.4, -0.2) is 42.3 Å². The summed E-state index contributed by atoms with van der Waals surface area (Å²) in [4.78, 5) is 37.5. The Morgan fingerprint density at radius 3 is 2.22 bits per heavy atom. The van der Waals surface area contributed by atoms with Gasteiger partial charge in [-0.2, -0.15) is 0 Å². The fraction of sp³-hybridized carbons (Fsp3) is 0.286. The molecule has 2 aromatic rings. The van der Waals surface area contributed by atoms with Crippen molar-refractivity contribution in [2.24, 2.45) is 0 Å². The number of fused-ring (bicyclic) bond motifs is 1.